The number of nitrogens with one attached hydrogen (secondary N) is 1. The van der Waals surface area contributed by atoms with Crippen LogP contribution in [0.1, 0.15) is 13.3 Å². The van der Waals surface area contributed by atoms with Gasteiger partial charge in [-0.3, -0.25) is 4.79 Å². The van der Waals surface area contributed by atoms with Gasteiger partial charge in [0.2, 0.25) is 0 Å². The Bertz CT molecular complexity index is 465. The first-order valence-electron chi connectivity index (χ1n) is 6.23. The molecule has 1 aromatic rings. The van der Waals surface area contributed by atoms with E-state index in [0.717, 1.165) is 12.1 Å². The largest absolute Gasteiger partial charge is 0.573 e. The van der Waals surface area contributed by atoms with E-state index in [0.29, 0.717) is 5.69 Å². The molecule has 1 unspecified atom stereocenters. The van der Waals surface area contributed by atoms with Crippen LogP contribution >= 0.6 is 0 Å². The monoisotopic (exact) mass is 307 g/mol. The minimum absolute atomic E-state index is 0.00567. The molecule has 118 valence electrons. The van der Waals surface area contributed by atoms with Gasteiger partial charge >= 0.3 is 12.3 Å². The van der Waals surface area contributed by atoms with Crippen LogP contribution in [0.25, 0.3) is 0 Å². The molecule has 0 spiro atoms. The lowest BCUT2D eigenvalue weighted by atomic mass is 10.2. The second kappa shape index (κ2) is 7.72. The van der Waals surface area contributed by atoms with Crippen molar-refractivity contribution < 1.29 is 32.5 Å². The fourth-order valence-corrected chi connectivity index (χ4v) is 1.52. The van der Waals surface area contributed by atoms with Crippen LogP contribution in [-0.2, 0) is 9.53 Å². The molecule has 0 aliphatic heterocycles. The first-order valence-corrected chi connectivity index (χ1v) is 6.23. The number of aliphatic hydroxyl groups excluding tert-OH is 1. The molecule has 0 amide bonds. The number of carbonyl (C=O) groups excluding carboxylic acids is 1. The highest BCUT2D eigenvalue weighted by molar-refractivity contribution is 5.70. The second-order valence-corrected chi connectivity index (χ2v) is 4.12. The van der Waals surface area contributed by atoms with Gasteiger partial charge in [0.1, 0.15) is 5.75 Å². The molecule has 8 heteroatoms. The van der Waals surface area contributed by atoms with E-state index in [9.17, 15) is 23.1 Å². The van der Waals surface area contributed by atoms with Crippen molar-refractivity contribution in [3.8, 4) is 5.75 Å². The molecule has 0 saturated heterocycles. The van der Waals surface area contributed by atoms with Crippen LogP contribution in [0.15, 0.2) is 24.3 Å². The van der Waals surface area contributed by atoms with E-state index < -0.39 is 18.4 Å². The molecule has 1 rings (SSSR count). The second-order valence-electron chi connectivity index (χ2n) is 4.12. The summed E-state index contributed by atoms with van der Waals surface area (Å²) in [6.07, 6.45) is -5.96. The fraction of sp³-hybridized carbons (Fsp3) is 0.462. The number of halogens is 3. The summed E-state index contributed by atoms with van der Waals surface area (Å²) < 4.78 is 44.6. The molecule has 0 bridgehead atoms. The van der Waals surface area contributed by atoms with Crippen molar-refractivity contribution in [2.75, 3.05) is 18.5 Å². The Morgan fingerprint density at radius 3 is 2.76 bits per heavy atom. The fourth-order valence-electron chi connectivity index (χ4n) is 1.52. The van der Waals surface area contributed by atoms with Crippen LogP contribution in [0.3, 0.4) is 0 Å². The van der Waals surface area contributed by atoms with Gasteiger partial charge in [0.05, 0.1) is 19.1 Å². The maximum atomic E-state index is 12.1. The summed E-state index contributed by atoms with van der Waals surface area (Å²) in [6, 6.07) is 5.19. The van der Waals surface area contributed by atoms with E-state index in [1.807, 2.05) is 0 Å². The van der Waals surface area contributed by atoms with Crippen molar-refractivity contribution in [1.29, 1.82) is 0 Å². The molecule has 5 nitrogen and oxygen atoms in total. The van der Waals surface area contributed by atoms with E-state index in [-0.39, 0.29) is 25.3 Å². The average Bonchev–Trinajstić information content (AvgIpc) is 2.35. The summed E-state index contributed by atoms with van der Waals surface area (Å²) >= 11 is 0. The topological polar surface area (TPSA) is 67.8 Å². The molecule has 0 fully saturated rings. The number of rotatable bonds is 7. The molecule has 2 N–H and O–H groups in total. The van der Waals surface area contributed by atoms with Crippen LogP contribution in [0, 0.1) is 0 Å². The Morgan fingerprint density at radius 2 is 2.14 bits per heavy atom. The summed E-state index contributed by atoms with van der Waals surface area (Å²) in [7, 11) is 0. The standard InChI is InChI=1S/C13H16F3NO4/c1-2-20-12(19)7-10(18)8-17-9-4-3-5-11(6-9)21-13(14,15)16/h3-6,10,17-18H,2,7-8H2,1H3. The number of aliphatic hydroxyl groups is 1. The normalized spacial score (nSPS) is 12.6. The van der Waals surface area contributed by atoms with Gasteiger partial charge in [0, 0.05) is 18.3 Å². The number of esters is 1. The van der Waals surface area contributed by atoms with Gasteiger partial charge in [0.15, 0.2) is 0 Å². The number of ether oxygens (including phenoxy) is 2. The van der Waals surface area contributed by atoms with Crippen LogP contribution in [0.4, 0.5) is 18.9 Å². The van der Waals surface area contributed by atoms with E-state index >= 15 is 0 Å². The van der Waals surface area contributed by atoms with Crippen molar-refractivity contribution in [2.24, 2.45) is 0 Å². The third-order valence-electron chi connectivity index (χ3n) is 2.32. The highest BCUT2D eigenvalue weighted by Gasteiger charge is 2.31. The minimum atomic E-state index is -4.76. The Balaban J connectivity index is 2.48. The van der Waals surface area contributed by atoms with Gasteiger partial charge in [0.25, 0.3) is 0 Å². The number of hydrogen-bond acceptors (Lipinski definition) is 5. The number of alkyl halides is 3. The smallest absolute Gasteiger partial charge is 0.466 e. The SMILES string of the molecule is CCOC(=O)CC(O)CNc1cccc(OC(F)(F)F)c1. The van der Waals surface area contributed by atoms with Gasteiger partial charge in [-0.2, -0.15) is 0 Å². The highest BCUT2D eigenvalue weighted by atomic mass is 19.4. The van der Waals surface area contributed by atoms with Crippen LogP contribution in [-0.4, -0.2) is 36.7 Å². The number of benzene rings is 1. The first-order chi connectivity index (χ1) is 9.80. The molecule has 0 aliphatic carbocycles. The maximum absolute atomic E-state index is 12.1. The van der Waals surface area contributed by atoms with Crippen LogP contribution in [0.5, 0.6) is 5.75 Å². The van der Waals surface area contributed by atoms with Crippen LogP contribution in [0.2, 0.25) is 0 Å². The summed E-state index contributed by atoms with van der Waals surface area (Å²) in [4.78, 5) is 11.1. The Hall–Kier alpha value is -1.96. The lowest BCUT2D eigenvalue weighted by Gasteiger charge is -2.14. The van der Waals surface area contributed by atoms with Crippen molar-refractivity contribution in [3.63, 3.8) is 0 Å². The van der Waals surface area contributed by atoms with Gasteiger partial charge in [-0.15, -0.1) is 13.2 Å². The maximum Gasteiger partial charge on any atom is 0.573 e. The average molecular weight is 307 g/mol. The molecule has 0 heterocycles. The molecule has 1 atom stereocenters. The Kier molecular flexibility index (Phi) is 6.29. The predicted molar refractivity (Wildman–Crippen MR) is 68.9 cm³/mol. The third kappa shape index (κ3) is 7.40. The molecular formula is C13H16F3NO4. The van der Waals surface area contributed by atoms with Crippen molar-refractivity contribution >= 4 is 11.7 Å². The van der Waals surface area contributed by atoms with Gasteiger partial charge in [-0.25, -0.2) is 0 Å². The molecular weight excluding hydrogens is 291 g/mol. The van der Waals surface area contributed by atoms with Gasteiger partial charge in [-0.1, -0.05) is 6.07 Å². The van der Waals surface area contributed by atoms with Gasteiger partial charge in [-0.05, 0) is 19.1 Å². The predicted octanol–water partition coefficient (Wildman–Crippen LogP) is 2.31. The molecule has 21 heavy (non-hydrogen) atoms. The number of carbonyl (C=O) groups is 1. The molecule has 0 aromatic heterocycles. The first kappa shape index (κ1) is 17.1. The number of anilines is 1. The zero-order chi connectivity index (χ0) is 15.9. The van der Waals surface area contributed by atoms with Crippen molar-refractivity contribution in [3.05, 3.63) is 24.3 Å². The highest BCUT2D eigenvalue weighted by Crippen LogP contribution is 2.24. The molecule has 0 aliphatic rings. The quantitative estimate of drug-likeness (QED) is 0.757. The van der Waals surface area contributed by atoms with E-state index in [1.165, 1.54) is 12.1 Å². The van der Waals surface area contributed by atoms with E-state index in [1.54, 1.807) is 6.92 Å². The lowest BCUT2D eigenvalue weighted by molar-refractivity contribution is -0.274. The molecule has 0 saturated carbocycles. The zero-order valence-corrected chi connectivity index (χ0v) is 11.3. The third-order valence-corrected chi connectivity index (χ3v) is 2.32. The van der Waals surface area contributed by atoms with Crippen molar-refractivity contribution in [1.82, 2.24) is 0 Å². The minimum Gasteiger partial charge on any atom is -0.466 e. The summed E-state index contributed by atoms with van der Waals surface area (Å²) in [5.74, 6) is -0.909. The van der Waals surface area contributed by atoms with E-state index in [2.05, 4.69) is 14.8 Å². The summed E-state index contributed by atoms with van der Waals surface area (Å²) in [5.41, 5.74) is 0.333. The molecule has 0 radical (unpaired) electrons. The van der Waals surface area contributed by atoms with E-state index in [4.69, 9.17) is 0 Å². The summed E-state index contributed by atoms with van der Waals surface area (Å²) in [6.45, 7) is 1.86. The van der Waals surface area contributed by atoms with Crippen LogP contribution < -0.4 is 10.1 Å². The Labute approximate surface area is 119 Å². The lowest BCUT2D eigenvalue weighted by Crippen LogP contribution is -2.24. The van der Waals surface area contributed by atoms with Crippen molar-refractivity contribution in [2.45, 2.75) is 25.8 Å². The zero-order valence-electron chi connectivity index (χ0n) is 11.3. The Morgan fingerprint density at radius 1 is 1.43 bits per heavy atom. The molecule has 1 aromatic carbocycles. The summed E-state index contributed by atoms with van der Waals surface area (Å²) in [5, 5.41) is 12.3. The van der Waals surface area contributed by atoms with Gasteiger partial charge < -0.3 is 19.9 Å². The number of hydrogen-bond donors (Lipinski definition) is 2.